The maximum atomic E-state index is 12.1. The maximum absolute atomic E-state index is 12.1. The average Bonchev–Trinajstić information content (AvgIpc) is 3.04. The molecule has 134 valence electrons. The first kappa shape index (κ1) is 16.2. The van der Waals surface area contributed by atoms with E-state index in [2.05, 4.69) is 25.1 Å². The van der Waals surface area contributed by atoms with E-state index in [0.29, 0.717) is 18.3 Å². The number of hydrogen-bond acceptors (Lipinski definition) is 7. The summed E-state index contributed by atoms with van der Waals surface area (Å²) in [5, 5.41) is 8.17. The first-order valence-corrected chi connectivity index (χ1v) is 8.83. The summed E-state index contributed by atoms with van der Waals surface area (Å²) in [6, 6.07) is 0.191. The summed E-state index contributed by atoms with van der Waals surface area (Å²) in [6.07, 6.45) is 6.49. The van der Waals surface area contributed by atoms with Crippen molar-refractivity contribution in [3.8, 4) is 0 Å². The summed E-state index contributed by atoms with van der Waals surface area (Å²) in [4.78, 5) is 24.8. The van der Waals surface area contributed by atoms with Gasteiger partial charge < -0.3 is 9.42 Å². The quantitative estimate of drug-likeness (QED) is 0.728. The van der Waals surface area contributed by atoms with Gasteiger partial charge in [-0.2, -0.15) is 10.1 Å². The monoisotopic (exact) mass is 345 g/mol. The Labute approximate surface area is 146 Å². The summed E-state index contributed by atoms with van der Waals surface area (Å²) in [5.41, 5.74) is 0. The zero-order valence-electron chi connectivity index (χ0n) is 14.4. The maximum Gasteiger partial charge on any atom is 0.229 e. The molecule has 0 N–H and O–H groups in total. The minimum atomic E-state index is 0.0564. The van der Waals surface area contributed by atoms with E-state index in [1.165, 1.54) is 0 Å². The molecule has 0 aromatic carbocycles. The highest BCUT2D eigenvalue weighted by molar-refractivity contribution is 5.73. The number of carbonyl (C=O) groups is 1. The van der Waals surface area contributed by atoms with E-state index in [1.54, 1.807) is 19.6 Å². The molecule has 1 saturated heterocycles. The molecule has 9 nitrogen and oxygen atoms in total. The lowest BCUT2D eigenvalue weighted by atomic mass is 10.2. The summed E-state index contributed by atoms with van der Waals surface area (Å²) < 4.78 is 7.14. The van der Waals surface area contributed by atoms with Crippen LogP contribution in [0.25, 0.3) is 0 Å². The Hall–Kier alpha value is -2.29. The molecule has 1 amide bonds. The average molecular weight is 345 g/mol. The number of amides is 1. The highest BCUT2D eigenvalue weighted by Crippen LogP contribution is 2.38. The van der Waals surface area contributed by atoms with Crippen LogP contribution in [0.4, 0.5) is 0 Å². The van der Waals surface area contributed by atoms with Crippen LogP contribution in [0.15, 0.2) is 17.2 Å². The van der Waals surface area contributed by atoms with Crippen molar-refractivity contribution in [2.75, 3.05) is 19.6 Å². The first-order valence-electron chi connectivity index (χ1n) is 8.83. The zero-order valence-corrected chi connectivity index (χ0v) is 14.4. The molecule has 2 aromatic heterocycles. The molecule has 2 aromatic rings. The van der Waals surface area contributed by atoms with Crippen LogP contribution in [-0.2, 0) is 17.9 Å². The Balaban J connectivity index is 1.33. The predicted molar refractivity (Wildman–Crippen MR) is 87.4 cm³/mol. The van der Waals surface area contributed by atoms with Crippen LogP contribution in [-0.4, -0.2) is 66.3 Å². The predicted octanol–water partition coefficient (Wildman–Crippen LogP) is 0.661. The number of aromatic nitrogens is 5. The van der Waals surface area contributed by atoms with Crippen LogP contribution in [0.5, 0.6) is 0 Å². The Morgan fingerprint density at radius 2 is 2.24 bits per heavy atom. The van der Waals surface area contributed by atoms with E-state index >= 15 is 0 Å². The van der Waals surface area contributed by atoms with Crippen molar-refractivity contribution < 1.29 is 9.32 Å². The van der Waals surface area contributed by atoms with E-state index in [1.807, 2.05) is 9.58 Å². The van der Waals surface area contributed by atoms with Crippen molar-refractivity contribution in [2.45, 2.75) is 51.2 Å². The molecule has 0 spiro atoms. The summed E-state index contributed by atoms with van der Waals surface area (Å²) in [7, 11) is 0. The van der Waals surface area contributed by atoms with E-state index in [0.717, 1.165) is 51.3 Å². The molecule has 2 aliphatic rings. The van der Waals surface area contributed by atoms with Crippen LogP contribution in [0.3, 0.4) is 0 Å². The van der Waals surface area contributed by atoms with Gasteiger partial charge in [-0.25, -0.2) is 4.98 Å². The third-order valence-electron chi connectivity index (χ3n) is 4.93. The molecule has 0 radical (unpaired) electrons. The first-order chi connectivity index (χ1) is 12.2. The van der Waals surface area contributed by atoms with Crippen molar-refractivity contribution in [1.29, 1.82) is 0 Å². The second-order valence-electron chi connectivity index (χ2n) is 6.87. The summed E-state index contributed by atoms with van der Waals surface area (Å²) in [5.74, 6) is 1.82. The van der Waals surface area contributed by atoms with Gasteiger partial charge in [0.1, 0.15) is 12.7 Å². The normalized spacial score (nSPS) is 20.9. The Morgan fingerprint density at radius 3 is 2.96 bits per heavy atom. The van der Waals surface area contributed by atoms with Gasteiger partial charge >= 0.3 is 0 Å². The molecule has 2 fully saturated rings. The zero-order chi connectivity index (χ0) is 17.2. The number of carbonyl (C=O) groups excluding carboxylic acids is 1. The summed E-state index contributed by atoms with van der Waals surface area (Å²) in [6.45, 7) is 5.58. The SMILES string of the molecule is CC(=O)N(Cc1noc(C2CC2)n1)[C@@H]1CCN(CCn2cncn2)C1. The van der Waals surface area contributed by atoms with Gasteiger partial charge in [0, 0.05) is 38.5 Å². The van der Waals surface area contributed by atoms with Gasteiger partial charge in [-0.15, -0.1) is 0 Å². The third-order valence-corrected chi connectivity index (χ3v) is 4.93. The number of likely N-dealkylation sites (tertiary alicyclic amines) is 1. The summed E-state index contributed by atoms with van der Waals surface area (Å²) >= 11 is 0. The molecule has 1 aliphatic carbocycles. The smallest absolute Gasteiger partial charge is 0.229 e. The van der Waals surface area contributed by atoms with Gasteiger partial charge in [0.05, 0.1) is 13.1 Å². The molecule has 1 aliphatic heterocycles. The number of hydrogen-bond donors (Lipinski definition) is 0. The minimum absolute atomic E-state index is 0.0564. The van der Waals surface area contributed by atoms with Gasteiger partial charge in [-0.1, -0.05) is 5.16 Å². The fourth-order valence-electron chi connectivity index (χ4n) is 3.34. The van der Waals surface area contributed by atoms with Crippen LogP contribution in [0.2, 0.25) is 0 Å². The Kier molecular flexibility index (Phi) is 4.48. The lowest BCUT2D eigenvalue weighted by molar-refractivity contribution is -0.131. The fourth-order valence-corrected chi connectivity index (χ4v) is 3.34. The van der Waals surface area contributed by atoms with Gasteiger partial charge in [-0.05, 0) is 19.3 Å². The second kappa shape index (κ2) is 6.91. The molecule has 0 bridgehead atoms. The lowest BCUT2D eigenvalue weighted by Crippen LogP contribution is -2.40. The van der Waals surface area contributed by atoms with Crippen molar-refractivity contribution in [3.63, 3.8) is 0 Å². The number of nitrogens with zero attached hydrogens (tertiary/aromatic N) is 7. The Morgan fingerprint density at radius 1 is 1.36 bits per heavy atom. The lowest BCUT2D eigenvalue weighted by Gasteiger charge is -2.27. The van der Waals surface area contributed by atoms with Gasteiger partial charge in [0.25, 0.3) is 0 Å². The molecule has 1 saturated carbocycles. The fraction of sp³-hybridized carbons (Fsp3) is 0.688. The van der Waals surface area contributed by atoms with Crippen LogP contribution < -0.4 is 0 Å². The van der Waals surface area contributed by atoms with Crippen molar-refractivity contribution in [1.82, 2.24) is 34.7 Å². The molecule has 25 heavy (non-hydrogen) atoms. The highest BCUT2D eigenvalue weighted by Gasteiger charge is 2.32. The minimum Gasteiger partial charge on any atom is -0.339 e. The largest absolute Gasteiger partial charge is 0.339 e. The van der Waals surface area contributed by atoms with Crippen molar-refractivity contribution in [3.05, 3.63) is 24.4 Å². The number of rotatable bonds is 7. The van der Waals surface area contributed by atoms with Crippen molar-refractivity contribution in [2.24, 2.45) is 0 Å². The van der Waals surface area contributed by atoms with Gasteiger partial charge in [-0.3, -0.25) is 14.4 Å². The molecular formula is C16H23N7O2. The van der Waals surface area contributed by atoms with Crippen LogP contribution in [0.1, 0.15) is 43.8 Å². The van der Waals surface area contributed by atoms with E-state index < -0.39 is 0 Å². The van der Waals surface area contributed by atoms with E-state index in [9.17, 15) is 4.79 Å². The molecule has 0 unspecified atom stereocenters. The molecular weight excluding hydrogens is 322 g/mol. The van der Waals surface area contributed by atoms with Crippen LogP contribution in [0, 0.1) is 0 Å². The van der Waals surface area contributed by atoms with Crippen LogP contribution >= 0.6 is 0 Å². The third kappa shape index (κ3) is 3.87. The molecule has 1 atom stereocenters. The van der Waals surface area contributed by atoms with E-state index in [4.69, 9.17) is 4.52 Å². The molecule has 4 rings (SSSR count). The van der Waals surface area contributed by atoms with Crippen molar-refractivity contribution >= 4 is 5.91 Å². The standard InChI is InChI=1S/C16H23N7O2/c1-12(24)23(9-15-19-16(25-20-15)13-2-3-13)14-4-5-21(8-14)6-7-22-11-17-10-18-22/h10-11,13-14H,2-9H2,1H3/t14-/m1/s1. The second-order valence-corrected chi connectivity index (χ2v) is 6.87. The van der Waals surface area contributed by atoms with E-state index in [-0.39, 0.29) is 11.9 Å². The van der Waals surface area contributed by atoms with Gasteiger partial charge in [0.15, 0.2) is 5.82 Å². The topological polar surface area (TPSA) is 93.2 Å². The highest BCUT2D eigenvalue weighted by atomic mass is 16.5. The van der Waals surface area contributed by atoms with Gasteiger partial charge in [0.2, 0.25) is 11.8 Å². The Bertz CT molecular complexity index is 710. The molecule has 9 heteroatoms. The molecule has 3 heterocycles.